The van der Waals surface area contributed by atoms with E-state index in [2.05, 4.69) is 0 Å². The topological polar surface area (TPSA) is 29.5 Å². The highest BCUT2D eigenvalue weighted by Gasteiger charge is 1.91. The lowest BCUT2D eigenvalue weighted by atomic mass is 10.2. The molecule has 0 saturated carbocycles. The van der Waals surface area contributed by atoms with Gasteiger partial charge in [-0.05, 0) is 17.7 Å². The van der Waals surface area contributed by atoms with Crippen LogP contribution in [-0.2, 0) is 10.7 Å². The first-order valence-electron chi connectivity index (χ1n) is 3.36. The van der Waals surface area contributed by atoms with E-state index in [1.54, 1.807) is 19.2 Å². The molecule has 1 aromatic rings. The molecular formula is C8H11O2P. The molecule has 0 spiro atoms. The normalized spacial score (nSPS) is 11.0. The highest BCUT2D eigenvalue weighted by atomic mass is 31.1. The van der Waals surface area contributed by atoms with Crippen LogP contribution in [0.3, 0.4) is 0 Å². The van der Waals surface area contributed by atoms with E-state index >= 15 is 0 Å². The van der Waals surface area contributed by atoms with E-state index in [0.29, 0.717) is 14.6 Å². The van der Waals surface area contributed by atoms with Gasteiger partial charge < -0.3 is 9.63 Å². The minimum atomic E-state index is 0.314. The predicted octanol–water partition coefficient (Wildman–Crippen LogP) is 2.13. The minimum absolute atomic E-state index is 0.314. The number of rotatable bonds is 3. The molecule has 1 N–H and O–H groups in total. The summed E-state index contributed by atoms with van der Waals surface area (Å²) in [5.41, 5.74) is 1.20. The molecule has 60 valence electrons. The Labute approximate surface area is 68.1 Å². The zero-order valence-corrected chi connectivity index (χ0v) is 7.37. The van der Waals surface area contributed by atoms with Gasteiger partial charge in [-0.2, -0.15) is 0 Å². The Morgan fingerprint density at radius 1 is 1.36 bits per heavy atom. The Kier molecular flexibility index (Phi) is 3.34. The van der Waals surface area contributed by atoms with E-state index in [4.69, 9.17) is 9.63 Å². The van der Waals surface area contributed by atoms with Crippen molar-refractivity contribution in [2.75, 3.05) is 7.11 Å². The lowest BCUT2D eigenvalue weighted by molar-refractivity contribution is 0.473. The number of hydrogen-bond acceptors (Lipinski definition) is 2. The van der Waals surface area contributed by atoms with Gasteiger partial charge in [0.15, 0.2) is 0 Å². The number of hydrogen-bond donors (Lipinski definition) is 1. The van der Waals surface area contributed by atoms with Gasteiger partial charge in [-0.15, -0.1) is 0 Å². The van der Waals surface area contributed by atoms with Crippen LogP contribution in [0.5, 0.6) is 5.75 Å². The molecule has 1 atom stereocenters. The lowest BCUT2D eigenvalue weighted by Gasteiger charge is -1.98. The van der Waals surface area contributed by atoms with E-state index in [0.717, 1.165) is 6.16 Å². The van der Waals surface area contributed by atoms with Crippen LogP contribution in [0.1, 0.15) is 5.56 Å². The van der Waals surface area contributed by atoms with Crippen molar-refractivity contribution in [1.29, 1.82) is 0 Å². The van der Waals surface area contributed by atoms with Crippen LogP contribution in [-0.4, -0.2) is 12.2 Å². The standard InChI is InChI=1S/C8H11O2P/c1-10-11-6-7-2-4-8(9)5-3-7/h2-5,9,11H,6H2,1H3. The molecule has 0 heterocycles. The third kappa shape index (κ3) is 2.87. The summed E-state index contributed by atoms with van der Waals surface area (Å²) < 4.78 is 4.94. The molecule has 2 nitrogen and oxygen atoms in total. The molecule has 0 aliphatic rings. The maximum atomic E-state index is 8.95. The summed E-state index contributed by atoms with van der Waals surface area (Å²) >= 11 is 0. The summed E-state index contributed by atoms with van der Waals surface area (Å²) in [5, 5.41) is 8.95. The van der Waals surface area contributed by atoms with E-state index in [9.17, 15) is 0 Å². The fourth-order valence-electron chi connectivity index (χ4n) is 0.769. The Hall–Kier alpha value is -0.590. The smallest absolute Gasteiger partial charge is 0.115 e. The van der Waals surface area contributed by atoms with Crippen LogP contribution in [0.2, 0.25) is 0 Å². The van der Waals surface area contributed by atoms with Gasteiger partial charge in [-0.1, -0.05) is 12.1 Å². The summed E-state index contributed by atoms with van der Waals surface area (Å²) in [4.78, 5) is 0. The Bertz CT molecular complexity index is 208. The largest absolute Gasteiger partial charge is 0.508 e. The SMILES string of the molecule is COPCc1ccc(O)cc1. The highest BCUT2D eigenvalue weighted by Crippen LogP contribution is 2.19. The zero-order chi connectivity index (χ0) is 8.10. The second kappa shape index (κ2) is 4.32. The van der Waals surface area contributed by atoms with Crippen molar-refractivity contribution in [3.63, 3.8) is 0 Å². The Morgan fingerprint density at radius 3 is 2.55 bits per heavy atom. The molecular weight excluding hydrogens is 159 g/mol. The van der Waals surface area contributed by atoms with Gasteiger partial charge in [-0.25, -0.2) is 0 Å². The van der Waals surface area contributed by atoms with Crippen LogP contribution < -0.4 is 0 Å². The van der Waals surface area contributed by atoms with Crippen molar-refractivity contribution in [2.24, 2.45) is 0 Å². The van der Waals surface area contributed by atoms with Crippen molar-refractivity contribution < 1.29 is 9.63 Å². The molecule has 0 aliphatic carbocycles. The third-order valence-electron chi connectivity index (χ3n) is 1.36. The summed E-state index contributed by atoms with van der Waals surface area (Å²) in [6.45, 7) is 0. The zero-order valence-electron chi connectivity index (χ0n) is 6.37. The molecule has 0 bridgehead atoms. The van der Waals surface area contributed by atoms with Gasteiger partial charge in [0, 0.05) is 22.1 Å². The van der Waals surface area contributed by atoms with Crippen molar-refractivity contribution in [2.45, 2.75) is 6.16 Å². The summed E-state index contributed by atoms with van der Waals surface area (Å²) in [6.07, 6.45) is 0.927. The molecule has 3 heteroatoms. The molecule has 0 aromatic heterocycles. The first-order chi connectivity index (χ1) is 5.33. The second-order valence-electron chi connectivity index (χ2n) is 2.19. The molecule has 0 aliphatic heterocycles. The number of aromatic hydroxyl groups is 1. The van der Waals surface area contributed by atoms with E-state index in [-0.39, 0.29) is 0 Å². The van der Waals surface area contributed by atoms with Crippen LogP contribution in [0, 0.1) is 0 Å². The van der Waals surface area contributed by atoms with Gasteiger partial charge in [0.25, 0.3) is 0 Å². The van der Waals surface area contributed by atoms with Crippen LogP contribution in [0.4, 0.5) is 0 Å². The number of phenolic OH excluding ortho intramolecular Hbond substituents is 1. The van der Waals surface area contributed by atoms with E-state index < -0.39 is 0 Å². The third-order valence-corrected chi connectivity index (χ3v) is 2.20. The van der Waals surface area contributed by atoms with Gasteiger partial charge in [-0.3, -0.25) is 0 Å². The monoisotopic (exact) mass is 170 g/mol. The Balaban J connectivity index is 2.52. The molecule has 1 aromatic carbocycles. The minimum Gasteiger partial charge on any atom is -0.508 e. The van der Waals surface area contributed by atoms with Crippen molar-refractivity contribution in [3.8, 4) is 5.75 Å². The first kappa shape index (κ1) is 8.51. The van der Waals surface area contributed by atoms with Gasteiger partial charge in [0.1, 0.15) is 5.75 Å². The number of phenols is 1. The van der Waals surface area contributed by atoms with Gasteiger partial charge >= 0.3 is 0 Å². The predicted molar refractivity (Wildman–Crippen MR) is 47.1 cm³/mol. The molecule has 0 amide bonds. The summed E-state index contributed by atoms with van der Waals surface area (Å²) in [7, 11) is 2.20. The second-order valence-corrected chi connectivity index (χ2v) is 3.24. The average molecular weight is 170 g/mol. The first-order valence-corrected chi connectivity index (χ1v) is 4.48. The lowest BCUT2D eigenvalue weighted by Crippen LogP contribution is -1.76. The van der Waals surface area contributed by atoms with Crippen molar-refractivity contribution in [3.05, 3.63) is 29.8 Å². The Morgan fingerprint density at radius 2 is 2.00 bits per heavy atom. The summed E-state index contributed by atoms with van der Waals surface area (Å²) in [6, 6.07) is 7.19. The molecule has 1 rings (SSSR count). The molecule has 11 heavy (non-hydrogen) atoms. The van der Waals surface area contributed by atoms with Gasteiger partial charge in [0.2, 0.25) is 0 Å². The van der Waals surface area contributed by atoms with Crippen LogP contribution in [0.25, 0.3) is 0 Å². The van der Waals surface area contributed by atoms with E-state index in [1.807, 2.05) is 12.1 Å². The number of benzene rings is 1. The molecule has 0 radical (unpaired) electrons. The van der Waals surface area contributed by atoms with Crippen LogP contribution in [0.15, 0.2) is 24.3 Å². The summed E-state index contributed by atoms with van der Waals surface area (Å²) in [5.74, 6) is 0.314. The van der Waals surface area contributed by atoms with Crippen molar-refractivity contribution >= 4 is 8.81 Å². The van der Waals surface area contributed by atoms with Gasteiger partial charge in [0.05, 0.1) is 0 Å². The average Bonchev–Trinajstić information content (AvgIpc) is 2.04. The fraction of sp³-hybridized carbons (Fsp3) is 0.250. The molecule has 0 fully saturated rings. The van der Waals surface area contributed by atoms with Crippen LogP contribution >= 0.6 is 8.81 Å². The quantitative estimate of drug-likeness (QED) is 0.704. The molecule has 0 saturated heterocycles. The maximum absolute atomic E-state index is 8.95. The maximum Gasteiger partial charge on any atom is 0.115 e. The molecule has 1 unspecified atom stereocenters. The van der Waals surface area contributed by atoms with E-state index in [1.165, 1.54) is 5.56 Å². The van der Waals surface area contributed by atoms with Crippen molar-refractivity contribution in [1.82, 2.24) is 0 Å². The fourth-order valence-corrected chi connectivity index (χ4v) is 1.32. The highest BCUT2D eigenvalue weighted by molar-refractivity contribution is 7.31.